The van der Waals surface area contributed by atoms with Crippen LogP contribution in [0.2, 0.25) is 0 Å². The Balaban J connectivity index is 1.73. The Morgan fingerprint density at radius 1 is 1.19 bits per heavy atom. The van der Waals surface area contributed by atoms with Gasteiger partial charge in [-0.2, -0.15) is 0 Å². The van der Waals surface area contributed by atoms with E-state index in [1.165, 1.54) is 12.1 Å². The van der Waals surface area contributed by atoms with E-state index < -0.39 is 5.54 Å². The maximum Gasteiger partial charge on any atom is 0.239 e. The molecule has 26 heavy (non-hydrogen) atoms. The van der Waals surface area contributed by atoms with Gasteiger partial charge in [0.05, 0.1) is 5.54 Å². The fraction of sp³-hybridized carbons (Fsp3) is 0.579. The van der Waals surface area contributed by atoms with E-state index >= 15 is 0 Å². The Kier molecular flexibility index (Phi) is 6.97. The summed E-state index contributed by atoms with van der Waals surface area (Å²) in [5, 5.41) is 2.76. The number of anilines is 1. The van der Waals surface area contributed by atoms with E-state index in [0.717, 1.165) is 12.1 Å². The number of nitrogens with one attached hydrogen (secondary N) is 1. The molecule has 2 amide bonds. The number of hydrogen-bond acceptors (Lipinski definition) is 4. The number of piperazine rings is 1. The third-order valence-electron chi connectivity index (χ3n) is 4.74. The lowest BCUT2D eigenvalue weighted by Crippen LogP contribution is -2.52. The van der Waals surface area contributed by atoms with Crippen LogP contribution in [0.15, 0.2) is 24.3 Å². The van der Waals surface area contributed by atoms with Crippen molar-refractivity contribution in [2.45, 2.75) is 38.6 Å². The summed E-state index contributed by atoms with van der Waals surface area (Å²) < 4.78 is 13.0. The van der Waals surface area contributed by atoms with Crippen LogP contribution >= 0.6 is 0 Å². The van der Waals surface area contributed by atoms with Crippen LogP contribution in [-0.4, -0.2) is 55.0 Å². The fourth-order valence-electron chi connectivity index (χ4n) is 3.14. The molecular weight excluding hydrogens is 335 g/mol. The average molecular weight is 364 g/mol. The van der Waals surface area contributed by atoms with Crippen molar-refractivity contribution < 1.29 is 14.0 Å². The average Bonchev–Trinajstić information content (AvgIpc) is 2.62. The quantitative estimate of drug-likeness (QED) is 0.769. The maximum atomic E-state index is 13.0. The minimum atomic E-state index is -0.890. The monoisotopic (exact) mass is 364 g/mol. The highest BCUT2D eigenvalue weighted by atomic mass is 19.1. The van der Waals surface area contributed by atoms with Crippen molar-refractivity contribution in [1.82, 2.24) is 10.2 Å². The van der Waals surface area contributed by atoms with Crippen molar-refractivity contribution in [1.29, 1.82) is 0 Å². The first-order valence-corrected chi connectivity index (χ1v) is 9.19. The molecule has 1 aliphatic heterocycles. The van der Waals surface area contributed by atoms with Crippen LogP contribution in [0.5, 0.6) is 0 Å². The molecule has 1 saturated heterocycles. The molecule has 144 valence electrons. The molecule has 0 aliphatic carbocycles. The standard InChI is InChI=1S/C19H29FN4O2/c1-3-9-19(2,21)18(26)22-10-8-17(25)24-13-11-23(12-14-24)16-6-4-15(20)5-7-16/h4-7H,3,8-14,21H2,1-2H3,(H,22,26). The number of halogens is 1. The number of carbonyl (C=O) groups excluding carboxylic acids is 2. The van der Waals surface area contributed by atoms with E-state index in [-0.39, 0.29) is 24.1 Å². The van der Waals surface area contributed by atoms with Gasteiger partial charge in [-0.15, -0.1) is 0 Å². The highest BCUT2D eigenvalue weighted by Gasteiger charge is 2.27. The number of carbonyl (C=O) groups is 2. The molecule has 1 unspecified atom stereocenters. The zero-order valence-electron chi connectivity index (χ0n) is 15.6. The molecule has 1 aromatic carbocycles. The maximum absolute atomic E-state index is 13.0. The molecule has 1 aromatic rings. The highest BCUT2D eigenvalue weighted by molar-refractivity contribution is 5.86. The van der Waals surface area contributed by atoms with Gasteiger partial charge in [0.2, 0.25) is 11.8 Å². The Morgan fingerprint density at radius 2 is 1.81 bits per heavy atom. The van der Waals surface area contributed by atoms with Crippen molar-refractivity contribution in [2.24, 2.45) is 5.73 Å². The van der Waals surface area contributed by atoms with Crippen molar-refractivity contribution in [3.05, 3.63) is 30.1 Å². The number of nitrogens with zero attached hydrogens (tertiary/aromatic N) is 2. The van der Waals surface area contributed by atoms with Crippen LogP contribution in [0.3, 0.4) is 0 Å². The number of nitrogens with two attached hydrogens (primary N) is 1. The van der Waals surface area contributed by atoms with Crippen molar-refractivity contribution >= 4 is 17.5 Å². The summed E-state index contributed by atoms with van der Waals surface area (Å²) in [4.78, 5) is 28.3. The zero-order valence-corrected chi connectivity index (χ0v) is 15.6. The minimum absolute atomic E-state index is 0.0262. The van der Waals surface area contributed by atoms with E-state index in [9.17, 15) is 14.0 Å². The van der Waals surface area contributed by atoms with E-state index in [4.69, 9.17) is 5.73 Å². The van der Waals surface area contributed by atoms with Gasteiger partial charge >= 0.3 is 0 Å². The number of rotatable bonds is 7. The molecule has 6 nitrogen and oxygen atoms in total. The lowest BCUT2D eigenvalue weighted by molar-refractivity contribution is -0.131. The molecule has 7 heteroatoms. The largest absolute Gasteiger partial charge is 0.368 e. The van der Waals surface area contributed by atoms with E-state index in [1.807, 2.05) is 6.92 Å². The topological polar surface area (TPSA) is 78.7 Å². The smallest absolute Gasteiger partial charge is 0.239 e. The summed E-state index contributed by atoms with van der Waals surface area (Å²) in [7, 11) is 0. The summed E-state index contributed by atoms with van der Waals surface area (Å²) in [5.74, 6) is -0.441. The third-order valence-corrected chi connectivity index (χ3v) is 4.74. The minimum Gasteiger partial charge on any atom is -0.368 e. The van der Waals surface area contributed by atoms with Crippen LogP contribution in [0, 0.1) is 5.82 Å². The predicted octanol–water partition coefficient (Wildman–Crippen LogP) is 1.50. The molecular formula is C19H29FN4O2. The summed E-state index contributed by atoms with van der Waals surface area (Å²) in [6.07, 6.45) is 1.71. The van der Waals surface area contributed by atoms with Gasteiger partial charge in [0.25, 0.3) is 0 Å². The molecule has 0 bridgehead atoms. The Morgan fingerprint density at radius 3 is 2.38 bits per heavy atom. The molecule has 0 saturated carbocycles. The van der Waals surface area contributed by atoms with E-state index in [0.29, 0.717) is 39.1 Å². The molecule has 1 atom stereocenters. The van der Waals surface area contributed by atoms with Crippen LogP contribution in [0.1, 0.15) is 33.1 Å². The number of benzene rings is 1. The lowest BCUT2D eigenvalue weighted by Gasteiger charge is -2.36. The molecule has 3 N–H and O–H groups in total. The number of hydrogen-bond donors (Lipinski definition) is 2. The van der Waals surface area contributed by atoms with Gasteiger partial charge < -0.3 is 20.9 Å². The van der Waals surface area contributed by atoms with Gasteiger partial charge in [-0.3, -0.25) is 9.59 Å². The Bertz CT molecular complexity index is 610. The first-order valence-electron chi connectivity index (χ1n) is 9.19. The number of amides is 2. The second-order valence-electron chi connectivity index (χ2n) is 7.02. The zero-order chi connectivity index (χ0) is 19.2. The first-order chi connectivity index (χ1) is 12.3. The highest BCUT2D eigenvalue weighted by Crippen LogP contribution is 2.17. The molecule has 0 aromatic heterocycles. The second-order valence-corrected chi connectivity index (χ2v) is 7.02. The summed E-state index contributed by atoms with van der Waals surface area (Å²) in [5.41, 5.74) is 6.05. The van der Waals surface area contributed by atoms with Gasteiger partial charge in [0.15, 0.2) is 0 Å². The SMILES string of the molecule is CCCC(C)(N)C(=O)NCCC(=O)N1CCN(c2ccc(F)cc2)CC1. The van der Waals surface area contributed by atoms with Gasteiger partial charge in [-0.05, 0) is 37.6 Å². The van der Waals surface area contributed by atoms with Crippen molar-refractivity contribution in [3.63, 3.8) is 0 Å². The molecule has 1 heterocycles. The summed E-state index contributed by atoms with van der Waals surface area (Å²) in [6.45, 7) is 6.65. The van der Waals surface area contributed by atoms with E-state index in [1.54, 1.807) is 24.0 Å². The fourth-order valence-corrected chi connectivity index (χ4v) is 3.14. The summed E-state index contributed by atoms with van der Waals surface area (Å²) in [6, 6.07) is 6.39. The molecule has 0 radical (unpaired) electrons. The molecule has 0 spiro atoms. The first kappa shape index (κ1) is 20.2. The molecule has 2 rings (SSSR count). The normalized spacial score (nSPS) is 16.9. The summed E-state index contributed by atoms with van der Waals surface area (Å²) >= 11 is 0. The van der Waals surface area contributed by atoms with Gasteiger partial charge in [0, 0.05) is 44.8 Å². The van der Waals surface area contributed by atoms with Crippen LogP contribution in [0.4, 0.5) is 10.1 Å². The molecule has 1 fully saturated rings. The molecule has 1 aliphatic rings. The Hall–Kier alpha value is -2.15. The Labute approximate surface area is 154 Å². The van der Waals surface area contributed by atoms with Gasteiger partial charge in [-0.25, -0.2) is 4.39 Å². The third kappa shape index (κ3) is 5.42. The lowest BCUT2D eigenvalue weighted by atomic mass is 9.96. The van der Waals surface area contributed by atoms with Crippen molar-refractivity contribution in [3.8, 4) is 0 Å². The van der Waals surface area contributed by atoms with Gasteiger partial charge in [0.1, 0.15) is 5.82 Å². The van der Waals surface area contributed by atoms with Gasteiger partial charge in [-0.1, -0.05) is 13.3 Å². The predicted molar refractivity (Wildman–Crippen MR) is 100 cm³/mol. The van der Waals surface area contributed by atoms with Crippen LogP contribution < -0.4 is 16.0 Å². The van der Waals surface area contributed by atoms with Crippen molar-refractivity contribution in [2.75, 3.05) is 37.6 Å². The second kappa shape index (κ2) is 8.98. The van der Waals surface area contributed by atoms with E-state index in [2.05, 4.69) is 10.2 Å². The van der Waals surface area contributed by atoms with Crippen LogP contribution in [0.25, 0.3) is 0 Å². The van der Waals surface area contributed by atoms with Crippen LogP contribution in [-0.2, 0) is 9.59 Å².